The van der Waals surface area contributed by atoms with Crippen molar-refractivity contribution in [3.8, 4) is 5.75 Å². The average Bonchev–Trinajstić information content (AvgIpc) is 2.48. The highest BCUT2D eigenvalue weighted by Gasteiger charge is 2.25. The molecule has 0 spiro atoms. The van der Waals surface area contributed by atoms with Crippen molar-refractivity contribution in [2.24, 2.45) is 0 Å². The first-order valence-corrected chi connectivity index (χ1v) is 11.5. The fraction of sp³-hybridized carbons (Fsp3) is 0.250. The molecule has 2 aromatic carbocycles. The Morgan fingerprint density at radius 1 is 1.00 bits per heavy atom. The molecule has 0 N–H and O–H groups in total. The second kappa shape index (κ2) is 7.42. The minimum atomic E-state index is -1.37. The normalized spacial score (nSPS) is 13.0. The van der Waals surface area contributed by atoms with Crippen molar-refractivity contribution < 1.29 is 9.53 Å². The van der Waals surface area contributed by atoms with E-state index in [0.717, 1.165) is 5.56 Å². The second-order valence-corrected chi connectivity index (χ2v) is 12.1. The fourth-order valence-electron chi connectivity index (χ4n) is 2.58. The molecule has 2 aromatic rings. The van der Waals surface area contributed by atoms with Crippen molar-refractivity contribution in [2.45, 2.75) is 32.1 Å². The van der Waals surface area contributed by atoms with E-state index in [2.05, 4.69) is 62.1 Å². The van der Waals surface area contributed by atoms with Crippen LogP contribution < -0.4 is 4.74 Å². The zero-order chi connectivity index (χ0) is 16.9. The smallest absolute Gasteiger partial charge is 0.308 e. The minimum absolute atomic E-state index is 0.295. The van der Waals surface area contributed by atoms with E-state index in [4.69, 9.17) is 4.74 Å². The quantitative estimate of drug-likeness (QED) is 0.424. The molecule has 0 heterocycles. The van der Waals surface area contributed by atoms with Gasteiger partial charge in [0.25, 0.3) is 0 Å². The molecule has 0 fully saturated rings. The van der Waals surface area contributed by atoms with Gasteiger partial charge in [-0.25, -0.2) is 0 Å². The number of rotatable bonds is 5. The van der Waals surface area contributed by atoms with E-state index in [1.54, 1.807) is 0 Å². The predicted octanol–water partition coefficient (Wildman–Crippen LogP) is 5.29. The number of hydrogen-bond donors (Lipinski definition) is 0. The summed E-state index contributed by atoms with van der Waals surface area (Å²) in [5, 5.41) is 0. The molecule has 0 saturated heterocycles. The summed E-state index contributed by atoms with van der Waals surface area (Å²) in [7, 11) is -1.37. The van der Waals surface area contributed by atoms with Crippen molar-refractivity contribution >= 4 is 20.1 Å². The van der Waals surface area contributed by atoms with Gasteiger partial charge in [0, 0.05) is 6.92 Å². The Balaban J connectivity index is 2.19. The first-order chi connectivity index (χ1) is 10.9. The molecule has 3 heteroatoms. The van der Waals surface area contributed by atoms with Crippen molar-refractivity contribution in [1.82, 2.24) is 0 Å². The lowest BCUT2D eigenvalue weighted by atomic mass is 10.1. The molecule has 120 valence electrons. The molecule has 0 aromatic heterocycles. The number of hydrogen-bond acceptors (Lipinski definition) is 2. The molecule has 2 nitrogen and oxygen atoms in total. The van der Waals surface area contributed by atoms with E-state index in [-0.39, 0.29) is 5.97 Å². The van der Waals surface area contributed by atoms with Crippen molar-refractivity contribution in [3.05, 3.63) is 71.8 Å². The monoisotopic (exact) mass is 324 g/mol. The molecule has 0 amide bonds. The molecule has 0 radical (unpaired) electrons. The van der Waals surface area contributed by atoms with Gasteiger partial charge in [-0.1, -0.05) is 74.3 Å². The Labute approximate surface area is 139 Å². The Kier molecular flexibility index (Phi) is 5.56. The van der Waals surface area contributed by atoms with Gasteiger partial charge in [-0.05, 0) is 28.8 Å². The number of ether oxygens (including phenoxy) is 1. The maximum Gasteiger partial charge on any atom is 0.308 e. The van der Waals surface area contributed by atoms with Gasteiger partial charge in [-0.2, -0.15) is 0 Å². The van der Waals surface area contributed by atoms with Crippen LogP contribution in [-0.2, 0) is 4.79 Å². The summed E-state index contributed by atoms with van der Waals surface area (Å²) in [4.78, 5) is 10.9. The van der Waals surface area contributed by atoms with Crippen molar-refractivity contribution in [2.75, 3.05) is 0 Å². The van der Waals surface area contributed by atoms with Crippen molar-refractivity contribution in [1.29, 1.82) is 0 Å². The molecule has 0 aliphatic carbocycles. The molecule has 0 bridgehead atoms. The van der Waals surface area contributed by atoms with Gasteiger partial charge in [0.05, 0.1) is 8.07 Å². The van der Waals surface area contributed by atoms with Crippen LogP contribution in [0.15, 0.2) is 60.7 Å². The van der Waals surface area contributed by atoms with E-state index in [9.17, 15) is 4.79 Å². The first-order valence-electron chi connectivity index (χ1n) is 7.88. The zero-order valence-electron chi connectivity index (χ0n) is 14.2. The van der Waals surface area contributed by atoms with Crippen LogP contribution in [-0.4, -0.2) is 14.0 Å². The van der Waals surface area contributed by atoms with Crippen LogP contribution in [0.25, 0.3) is 6.08 Å². The Bertz CT molecular complexity index is 667. The van der Waals surface area contributed by atoms with E-state index in [1.807, 2.05) is 24.3 Å². The maximum atomic E-state index is 10.9. The lowest BCUT2D eigenvalue weighted by Gasteiger charge is -2.26. The van der Waals surface area contributed by atoms with E-state index in [0.29, 0.717) is 11.3 Å². The zero-order valence-corrected chi connectivity index (χ0v) is 15.2. The topological polar surface area (TPSA) is 26.3 Å². The third-order valence-electron chi connectivity index (χ3n) is 3.71. The van der Waals surface area contributed by atoms with Gasteiger partial charge in [0.15, 0.2) is 0 Å². The Hall–Kier alpha value is -2.13. The number of esters is 1. The summed E-state index contributed by atoms with van der Waals surface area (Å²) in [5.41, 5.74) is 2.95. The SMILES string of the molecule is CC(=O)Oc1ccc(/C=C/C(c2ccccc2)[Si](C)(C)C)cc1. The molecular formula is C20H24O2Si. The van der Waals surface area contributed by atoms with Crippen molar-refractivity contribution in [3.63, 3.8) is 0 Å². The van der Waals surface area contributed by atoms with Crippen LogP contribution in [0, 0.1) is 0 Å². The number of benzene rings is 2. The highest BCUT2D eigenvalue weighted by Crippen LogP contribution is 2.29. The highest BCUT2D eigenvalue weighted by atomic mass is 28.3. The van der Waals surface area contributed by atoms with Crippen LogP contribution in [0.1, 0.15) is 23.6 Å². The van der Waals surface area contributed by atoms with Crippen LogP contribution >= 0.6 is 0 Å². The number of allylic oxidation sites excluding steroid dienone is 1. The van der Waals surface area contributed by atoms with Gasteiger partial charge < -0.3 is 4.74 Å². The van der Waals surface area contributed by atoms with Gasteiger partial charge >= 0.3 is 5.97 Å². The van der Waals surface area contributed by atoms with Crippen LogP contribution in [0.3, 0.4) is 0 Å². The van der Waals surface area contributed by atoms with Gasteiger partial charge in [0.1, 0.15) is 5.75 Å². The average molecular weight is 324 g/mol. The highest BCUT2D eigenvalue weighted by molar-refractivity contribution is 6.78. The molecule has 23 heavy (non-hydrogen) atoms. The lowest BCUT2D eigenvalue weighted by molar-refractivity contribution is -0.131. The maximum absolute atomic E-state index is 10.9. The molecule has 1 atom stereocenters. The van der Waals surface area contributed by atoms with Crippen LogP contribution in [0.4, 0.5) is 0 Å². The van der Waals surface area contributed by atoms with E-state index < -0.39 is 8.07 Å². The van der Waals surface area contributed by atoms with Crippen LogP contribution in [0.2, 0.25) is 19.6 Å². The van der Waals surface area contributed by atoms with Gasteiger partial charge in [0.2, 0.25) is 0 Å². The molecule has 0 saturated carbocycles. The summed E-state index contributed by atoms with van der Waals surface area (Å²) < 4.78 is 5.06. The van der Waals surface area contributed by atoms with Crippen LogP contribution in [0.5, 0.6) is 5.75 Å². The summed E-state index contributed by atoms with van der Waals surface area (Å²) in [5.74, 6) is 0.288. The standard InChI is InChI=1S/C20H24O2Si/c1-16(21)22-19-13-10-17(11-14-19)12-15-20(23(2,3)4)18-8-6-5-7-9-18/h5-15,20H,1-4H3/b15-12+. The van der Waals surface area contributed by atoms with Gasteiger partial charge in [-0.3, -0.25) is 4.79 Å². The van der Waals surface area contributed by atoms with E-state index in [1.165, 1.54) is 12.5 Å². The number of carbonyl (C=O) groups is 1. The van der Waals surface area contributed by atoms with E-state index >= 15 is 0 Å². The second-order valence-electron chi connectivity index (χ2n) is 6.78. The van der Waals surface area contributed by atoms with Gasteiger partial charge in [-0.15, -0.1) is 0 Å². The summed E-state index contributed by atoms with van der Waals surface area (Å²) >= 11 is 0. The lowest BCUT2D eigenvalue weighted by Crippen LogP contribution is -2.29. The molecule has 1 unspecified atom stereocenters. The first kappa shape index (κ1) is 17.2. The Morgan fingerprint density at radius 2 is 1.61 bits per heavy atom. The summed E-state index contributed by atoms with van der Waals surface area (Å²) in [6, 6.07) is 18.3. The number of carbonyl (C=O) groups excluding carboxylic acids is 1. The molecular weight excluding hydrogens is 300 g/mol. The predicted molar refractivity (Wildman–Crippen MR) is 99.3 cm³/mol. The Morgan fingerprint density at radius 3 is 2.13 bits per heavy atom. The summed E-state index contributed by atoms with van der Waals surface area (Å²) in [6.45, 7) is 8.57. The third-order valence-corrected chi connectivity index (χ3v) is 6.11. The third kappa shape index (κ3) is 5.22. The molecule has 0 aliphatic heterocycles. The molecule has 0 aliphatic rings. The fourth-order valence-corrected chi connectivity index (χ4v) is 4.45. The largest absolute Gasteiger partial charge is 0.427 e. The minimum Gasteiger partial charge on any atom is -0.427 e. The summed E-state index contributed by atoms with van der Waals surface area (Å²) in [6.07, 6.45) is 4.47. The molecule has 2 rings (SSSR count).